The van der Waals surface area contributed by atoms with Gasteiger partial charge in [-0.15, -0.1) is 0 Å². The van der Waals surface area contributed by atoms with Gasteiger partial charge < -0.3 is 4.74 Å². The third kappa shape index (κ3) is 3.69. The number of aldehydes is 1. The molecule has 2 aromatic rings. The predicted molar refractivity (Wildman–Crippen MR) is 90.2 cm³/mol. The van der Waals surface area contributed by atoms with E-state index in [1.54, 1.807) is 25.1 Å². The molecule has 0 aliphatic heterocycles. The molecule has 2 rings (SSSR count). The molecule has 0 unspecified atom stereocenters. The molecule has 0 fully saturated rings. The van der Waals surface area contributed by atoms with Crippen LogP contribution >= 0.6 is 0 Å². The van der Waals surface area contributed by atoms with Gasteiger partial charge in [0.05, 0.1) is 10.9 Å². The number of carbonyl (C=O) groups is 1. The number of nitrogens with zero attached hydrogens (tertiary/aromatic N) is 2. The highest BCUT2D eigenvalue weighted by molar-refractivity contribution is 6.76. The highest BCUT2D eigenvalue weighted by atomic mass is 28.3. The van der Waals surface area contributed by atoms with Crippen molar-refractivity contribution in [2.24, 2.45) is 0 Å². The van der Waals surface area contributed by atoms with Crippen molar-refractivity contribution in [3.05, 3.63) is 39.9 Å². The Hall–Kier alpha value is -1.79. The van der Waals surface area contributed by atoms with Crippen LogP contribution < -0.4 is 5.56 Å². The number of ether oxygens (including phenoxy) is 1. The van der Waals surface area contributed by atoms with Gasteiger partial charge in [-0.3, -0.25) is 14.2 Å². The minimum Gasteiger partial charge on any atom is -0.361 e. The Kier molecular flexibility index (Phi) is 4.93. The van der Waals surface area contributed by atoms with Crippen LogP contribution in [0.25, 0.3) is 10.9 Å². The second-order valence-electron chi connectivity index (χ2n) is 6.60. The summed E-state index contributed by atoms with van der Waals surface area (Å²) < 4.78 is 7.13. The second kappa shape index (κ2) is 6.54. The van der Waals surface area contributed by atoms with E-state index in [1.165, 1.54) is 4.57 Å². The maximum absolute atomic E-state index is 12.6. The Labute approximate surface area is 130 Å². The molecule has 1 aromatic carbocycles. The number of benzene rings is 1. The molecule has 0 saturated heterocycles. The van der Waals surface area contributed by atoms with Crippen molar-refractivity contribution >= 4 is 25.3 Å². The first-order valence-corrected chi connectivity index (χ1v) is 11.1. The van der Waals surface area contributed by atoms with E-state index in [1.807, 2.05) is 0 Å². The van der Waals surface area contributed by atoms with Crippen molar-refractivity contribution in [3.63, 3.8) is 0 Å². The molecule has 0 radical (unpaired) electrons. The first-order chi connectivity index (χ1) is 10.3. The third-order valence-electron chi connectivity index (χ3n) is 3.55. The fraction of sp³-hybridized carbons (Fsp3) is 0.438. The number of fused-ring (bicyclic) bond motifs is 1. The van der Waals surface area contributed by atoms with Crippen LogP contribution in [0.1, 0.15) is 16.2 Å². The molecular formula is C16H22N2O3Si. The Morgan fingerprint density at radius 3 is 2.68 bits per heavy atom. The molecule has 0 aliphatic rings. The van der Waals surface area contributed by atoms with Crippen LogP contribution in [0.3, 0.4) is 0 Å². The van der Waals surface area contributed by atoms with Crippen molar-refractivity contribution < 1.29 is 9.53 Å². The molecule has 22 heavy (non-hydrogen) atoms. The number of aromatic nitrogens is 2. The molecule has 0 atom stereocenters. The Balaban J connectivity index is 2.30. The summed E-state index contributed by atoms with van der Waals surface area (Å²) in [5, 5.41) is 0.358. The van der Waals surface area contributed by atoms with Gasteiger partial charge in [-0.1, -0.05) is 31.8 Å². The summed E-state index contributed by atoms with van der Waals surface area (Å²) in [6.45, 7) is 9.42. The van der Waals surface area contributed by atoms with Crippen molar-refractivity contribution in [3.8, 4) is 0 Å². The number of hydrogen-bond donors (Lipinski definition) is 0. The SMILES string of the molecule is Cc1nc2cccc(C=O)c2c(=O)n1COCC[Si](C)(C)C. The lowest BCUT2D eigenvalue weighted by atomic mass is 10.1. The van der Waals surface area contributed by atoms with Gasteiger partial charge in [0.25, 0.3) is 5.56 Å². The van der Waals surface area contributed by atoms with E-state index in [2.05, 4.69) is 24.6 Å². The molecule has 0 amide bonds. The van der Waals surface area contributed by atoms with E-state index >= 15 is 0 Å². The van der Waals surface area contributed by atoms with Crippen molar-refractivity contribution in [1.82, 2.24) is 9.55 Å². The molecule has 1 heterocycles. The third-order valence-corrected chi connectivity index (χ3v) is 5.25. The van der Waals surface area contributed by atoms with Gasteiger partial charge in [-0.25, -0.2) is 4.98 Å². The lowest BCUT2D eigenvalue weighted by Crippen LogP contribution is -2.27. The van der Waals surface area contributed by atoms with Crippen LogP contribution in [-0.4, -0.2) is 30.5 Å². The first kappa shape index (κ1) is 16.6. The number of hydrogen-bond acceptors (Lipinski definition) is 4. The fourth-order valence-electron chi connectivity index (χ4n) is 2.18. The minimum atomic E-state index is -1.16. The van der Waals surface area contributed by atoms with Gasteiger partial charge in [-0.2, -0.15) is 0 Å². The van der Waals surface area contributed by atoms with Crippen molar-refractivity contribution in [2.45, 2.75) is 39.3 Å². The van der Waals surface area contributed by atoms with Crippen LogP contribution in [0.4, 0.5) is 0 Å². The molecule has 1 aromatic heterocycles. The average Bonchev–Trinajstić information content (AvgIpc) is 2.44. The fourth-order valence-corrected chi connectivity index (χ4v) is 2.94. The Morgan fingerprint density at radius 1 is 1.32 bits per heavy atom. The van der Waals surface area contributed by atoms with Crippen molar-refractivity contribution in [2.75, 3.05) is 6.61 Å². The lowest BCUT2D eigenvalue weighted by Gasteiger charge is -2.16. The van der Waals surface area contributed by atoms with Crippen LogP contribution in [0.5, 0.6) is 0 Å². The zero-order valence-electron chi connectivity index (χ0n) is 13.5. The smallest absolute Gasteiger partial charge is 0.264 e. The van der Waals surface area contributed by atoms with Gasteiger partial charge >= 0.3 is 0 Å². The minimum absolute atomic E-state index is 0.172. The molecule has 0 saturated carbocycles. The van der Waals surface area contributed by atoms with E-state index in [9.17, 15) is 9.59 Å². The average molecular weight is 318 g/mol. The topological polar surface area (TPSA) is 61.2 Å². The molecule has 118 valence electrons. The summed E-state index contributed by atoms with van der Waals surface area (Å²) in [7, 11) is -1.16. The predicted octanol–water partition coefficient (Wildman–Crippen LogP) is 2.83. The zero-order valence-corrected chi connectivity index (χ0v) is 14.5. The van der Waals surface area contributed by atoms with Crippen LogP contribution in [0.15, 0.2) is 23.0 Å². The maximum atomic E-state index is 12.6. The van der Waals surface area contributed by atoms with Crippen LogP contribution in [-0.2, 0) is 11.5 Å². The van der Waals surface area contributed by atoms with Crippen molar-refractivity contribution in [1.29, 1.82) is 0 Å². The quantitative estimate of drug-likeness (QED) is 0.467. The molecule has 0 bridgehead atoms. The van der Waals surface area contributed by atoms with E-state index in [0.29, 0.717) is 35.2 Å². The van der Waals surface area contributed by atoms with E-state index in [4.69, 9.17) is 4.74 Å². The normalized spacial score (nSPS) is 11.8. The zero-order chi connectivity index (χ0) is 16.3. The summed E-state index contributed by atoms with van der Waals surface area (Å²) in [6, 6.07) is 6.14. The van der Waals surface area contributed by atoms with Gasteiger partial charge in [0.1, 0.15) is 12.6 Å². The molecule has 5 nitrogen and oxygen atoms in total. The largest absolute Gasteiger partial charge is 0.361 e. The summed E-state index contributed by atoms with van der Waals surface area (Å²) in [4.78, 5) is 28.2. The highest BCUT2D eigenvalue weighted by Gasteiger charge is 2.14. The monoisotopic (exact) mass is 318 g/mol. The summed E-state index contributed by atoms with van der Waals surface area (Å²) in [6.07, 6.45) is 0.692. The van der Waals surface area contributed by atoms with Crippen LogP contribution in [0.2, 0.25) is 25.7 Å². The summed E-state index contributed by atoms with van der Waals surface area (Å²) >= 11 is 0. The standard InChI is InChI=1S/C16H22N2O3Si/c1-12-17-14-7-5-6-13(10-19)15(14)16(20)18(12)11-21-8-9-22(2,3)4/h5-7,10H,8-9,11H2,1-4H3. The van der Waals surface area contributed by atoms with E-state index < -0.39 is 8.07 Å². The molecule has 0 spiro atoms. The first-order valence-electron chi connectivity index (χ1n) is 7.36. The second-order valence-corrected chi connectivity index (χ2v) is 12.2. The van der Waals surface area contributed by atoms with Gasteiger partial charge in [0, 0.05) is 20.2 Å². The molecule has 6 heteroatoms. The Bertz CT molecular complexity index is 747. The number of rotatable bonds is 6. The molecule has 0 aliphatic carbocycles. The van der Waals surface area contributed by atoms with E-state index in [0.717, 1.165) is 6.04 Å². The summed E-state index contributed by atoms with van der Waals surface area (Å²) in [5.41, 5.74) is 0.689. The van der Waals surface area contributed by atoms with E-state index in [-0.39, 0.29) is 12.3 Å². The highest BCUT2D eigenvalue weighted by Crippen LogP contribution is 2.13. The Morgan fingerprint density at radius 2 is 2.05 bits per heavy atom. The van der Waals surface area contributed by atoms with Gasteiger partial charge in [0.15, 0.2) is 6.29 Å². The summed E-state index contributed by atoms with van der Waals surface area (Å²) in [5.74, 6) is 0.591. The van der Waals surface area contributed by atoms with Crippen LogP contribution in [0, 0.1) is 6.92 Å². The maximum Gasteiger partial charge on any atom is 0.264 e. The molecule has 0 N–H and O–H groups in total. The number of aryl methyl sites for hydroxylation is 1. The molecular weight excluding hydrogens is 296 g/mol. The lowest BCUT2D eigenvalue weighted by molar-refractivity contribution is 0.0828. The number of carbonyl (C=O) groups excluding carboxylic acids is 1. The van der Waals surface area contributed by atoms with Gasteiger partial charge in [-0.05, 0) is 19.0 Å². The van der Waals surface area contributed by atoms with Gasteiger partial charge in [0.2, 0.25) is 0 Å².